The summed E-state index contributed by atoms with van der Waals surface area (Å²) in [7, 11) is -4.48. The highest BCUT2D eigenvalue weighted by Gasteiger charge is 2.44. The Morgan fingerprint density at radius 3 is 2.69 bits per heavy atom. The van der Waals surface area contributed by atoms with Crippen LogP contribution >= 0.6 is 7.60 Å². The minimum atomic E-state index is -4.48. The third-order valence-electron chi connectivity index (χ3n) is 5.91. The van der Waals surface area contributed by atoms with Crippen LogP contribution in [0.2, 0.25) is 0 Å². The lowest BCUT2D eigenvalue weighted by atomic mass is 10.1. The van der Waals surface area contributed by atoms with Gasteiger partial charge >= 0.3 is 12.0 Å². The molecule has 3 heterocycles. The van der Waals surface area contributed by atoms with Gasteiger partial charge in [0.1, 0.15) is 32.2 Å². The fraction of sp³-hybridized carbons (Fsp3) is 0.632. The topological polar surface area (TPSA) is 233 Å². The molecular weight excluding hydrogens is 501 g/mol. The van der Waals surface area contributed by atoms with Crippen molar-refractivity contribution in [1.82, 2.24) is 30.2 Å². The quantitative estimate of drug-likeness (QED) is 0.197. The van der Waals surface area contributed by atoms with E-state index in [2.05, 4.69) is 30.9 Å². The number of rotatable bonds is 10. The van der Waals surface area contributed by atoms with Crippen LogP contribution in [0.15, 0.2) is 12.7 Å². The number of anilines is 1. The maximum atomic E-state index is 12.4. The first-order valence-electron chi connectivity index (χ1n) is 11.3. The first-order chi connectivity index (χ1) is 17.1. The van der Waals surface area contributed by atoms with Crippen LogP contribution in [0.3, 0.4) is 0 Å². The molecule has 2 fully saturated rings. The zero-order valence-corrected chi connectivity index (χ0v) is 19.9. The van der Waals surface area contributed by atoms with E-state index in [9.17, 15) is 29.3 Å². The Balaban J connectivity index is 1.41. The second kappa shape index (κ2) is 11.1. The zero-order chi connectivity index (χ0) is 25.9. The first-order valence-corrected chi connectivity index (χ1v) is 13.0. The number of nitrogens with zero attached hydrogens (tertiary/aromatic N) is 4. The number of carboxylic acids is 1. The zero-order valence-electron chi connectivity index (χ0n) is 19.0. The number of imidazole rings is 1. The Bertz CT molecular complexity index is 1140. The molecule has 3 unspecified atom stereocenters. The van der Waals surface area contributed by atoms with Crippen molar-refractivity contribution in [3.05, 3.63) is 12.7 Å². The molecule has 198 valence electrons. The molecule has 1 saturated carbocycles. The molecule has 2 aromatic rings. The molecule has 0 radical (unpaired) electrons. The van der Waals surface area contributed by atoms with E-state index in [1.165, 1.54) is 17.2 Å². The molecule has 2 amide bonds. The summed E-state index contributed by atoms with van der Waals surface area (Å²) in [6.07, 6.45) is 0.287. The van der Waals surface area contributed by atoms with E-state index in [0.717, 1.165) is 25.7 Å². The summed E-state index contributed by atoms with van der Waals surface area (Å²) >= 11 is 0. The summed E-state index contributed by atoms with van der Waals surface area (Å²) in [5, 5.41) is 37.2. The van der Waals surface area contributed by atoms with Crippen LogP contribution in [0.4, 0.5) is 10.6 Å². The maximum Gasteiger partial charge on any atom is 0.320 e. The molecule has 0 aromatic carbocycles. The Kier molecular flexibility index (Phi) is 8.14. The molecule has 1 saturated heterocycles. The molecule has 5 atom stereocenters. The van der Waals surface area contributed by atoms with Gasteiger partial charge in [0.25, 0.3) is 0 Å². The number of fused-ring (bicyclic) bond motifs is 1. The third kappa shape index (κ3) is 6.15. The van der Waals surface area contributed by atoms with Crippen LogP contribution < -0.4 is 20.8 Å². The molecule has 16 nitrogen and oxygen atoms in total. The fourth-order valence-corrected chi connectivity index (χ4v) is 5.01. The highest BCUT2D eigenvalue weighted by molar-refractivity contribution is 7.51. The number of aliphatic carboxylic acids is 1. The van der Waals surface area contributed by atoms with Crippen molar-refractivity contribution >= 4 is 36.6 Å². The van der Waals surface area contributed by atoms with Crippen molar-refractivity contribution in [3.8, 4) is 0 Å². The van der Waals surface area contributed by atoms with Crippen LogP contribution in [0, 0.1) is 0 Å². The molecule has 36 heavy (non-hydrogen) atoms. The standard InChI is InChI=1S/C19H28N7O9P/c27-12(28)5-20-9-36(32,33)34-6-11-14(29)15(30)18(35-11)26-8-23-13-16(21-7-22-17(13)26)25-19(31)24-10-3-1-2-4-10/h7-8,10-11,14-15,18,20,29-30H,1-6,9H2,(H,27,28)(H,32,33)(H2,21,22,24,25,31)/p-1/t11-,14?,15?,18-/m1/s1. The summed E-state index contributed by atoms with van der Waals surface area (Å²) in [6.45, 7) is -1.19. The van der Waals surface area contributed by atoms with Crippen molar-refractivity contribution in [3.63, 3.8) is 0 Å². The van der Waals surface area contributed by atoms with E-state index in [4.69, 9.17) is 14.4 Å². The lowest BCUT2D eigenvalue weighted by Crippen LogP contribution is -2.36. The SMILES string of the molecule is O=C(O)CNCP(=O)([O-])OC[C@H]1O[C@@H](n2cnc3c(NC(=O)NC4CCCC4)ncnc32)C(O)C1O. The van der Waals surface area contributed by atoms with Crippen LogP contribution in [0.1, 0.15) is 31.9 Å². The van der Waals surface area contributed by atoms with Gasteiger partial charge in [0, 0.05) is 6.04 Å². The maximum absolute atomic E-state index is 12.4. The number of ether oxygens (including phenoxy) is 1. The molecule has 1 aliphatic heterocycles. The normalized spacial score (nSPS) is 26.2. The smallest absolute Gasteiger partial charge is 0.320 e. The molecule has 1 aliphatic carbocycles. The van der Waals surface area contributed by atoms with Crippen molar-refractivity contribution < 1.29 is 43.6 Å². The van der Waals surface area contributed by atoms with Crippen LogP contribution in [0.5, 0.6) is 0 Å². The van der Waals surface area contributed by atoms with Crippen molar-refractivity contribution in [2.45, 2.75) is 56.3 Å². The van der Waals surface area contributed by atoms with Gasteiger partial charge < -0.3 is 39.4 Å². The van der Waals surface area contributed by atoms with Gasteiger partial charge in [-0.1, -0.05) is 12.8 Å². The van der Waals surface area contributed by atoms with Gasteiger partial charge in [0.15, 0.2) is 23.2 Å². The number of nitrogens with one attached hydrogen (secondary N) is 3. The highest BCUT2D eigenvalue weighted by atomic mass is 31.2. The van der Waals surface area contributed by atoms with E-state index in [0.29, 0.717) is 0 Å². The van der Waals surface area contributed by atoms with Gasteiger partial charge in [0.05, 0.1) is 25.8 Å². The van der Waals surface area contributed by atoms with E-state index < -0.39 is 63.6 Å². The van der Waals surface area contributed by atoms with Crippen LogP contribution in [-0.2, 0) is 18.6 Å². The van der Waals surface area contributed by atoms with Gasteiger partial charge in [-0.25, -0.2) is 19.7 Å². The number of carboxylic acid groups (broad SMARTS) is 1. The van der Waals surface area contributed by atoms with Crippen molar-refractivity contribution in [1.29, 1.82) is 0 Å². The van der Waals surface area contributed by atoms with Crippen molar-refractivity contribution in [2.75, 3.05) is 24.8 Å². The van der Waals surface area contributed by atoms with E-state index in [1.54, 1.807) is 0 Å². The van der Waals surface area contributed by atoms with Crippen LogP contribution in [0.25, 0.3) is 11.2 Å². The second-order valence-corrected chi connectivity index (χ2v) is 10.4. The van der Waals surface area contributed by atoms with Gasteiger partial charge in [-0.15, -0.1) is 0 Å². The number of amides is 2. The number of hydrogen-bond donors (Lipinski definition) is 6. The molecule has 6 N–H and O–H groups in total. The summed E-state index contributed by atoms with van der Waals surface area (Å²) in [6, 6.07) is -0.332. The number of urea groups is 1. The summed E-state index contributed by atoms with van der Waals surface area (Å²) in [5.41, 5.74) is 0.420. The molecule has 2 aromatic heterocycles. The molecule has 2 aliphatic rings. The Morgan fingerprint density at radius 2 is 1.97 bits per heavy atom. The van der Waals surface area contributed by atoms with Crippen LogP contribution in [-0.4, -0.2) is 90.6 Å². The molecular formula is C19H27N7O9P-. The number of carbonyl (C=O) groups excluding carboxylic acids is 1. The molecule has 17 heteroatoms. The number of hydrogen-bond acceptors (Lipinski definition) is 12. The average molecular weight is 528 g/mol. The number of carbonyl (C=O) groups is 2. The minimum absolute atomic E-state index is 0.0972. The predicted molar refractivity (Wildman–Crippen MR) is 120 cm³/mol. The number of aromatic nitrogens is 4. The molecule has 0 spiro atoms. The molecule has 0 bridgehead atoms. The fourth-order valence-electron chi connectivity index (χ4n) is 4.16. The average Bonchev–Trinajstić information content (AvgIpc) is 3.54. The summed E-state index contributed by atoms with van der Waals surface area (Å²) < 4.78 is 23.8. The molecule has 4 rings (SSSR count). The van der Waals surface area contributed by atoms with E-state index in [-0.39, 0.29) is 23.0 Å². The van der Waals surface area contributed by atoms with E-state index in [1.807, 2.05) is 0 Å². The first kappa shape index (κ1) is 26.3. The summed E-state index contributed by atoms with van der Waals surface area (Å²) in [4.78, 5) is 47.2. The predicted octanol–water partition coefficient (Wildman–Crippen LogP) is -1.29. The Morgan fingerprint density at radius 1 is 1.22 bits per heavy atom. The lowest BCUT2D eigenvalue weighted by molar-refractivity contribution is -0.202. The van der Waals surface area contributed by atoms with E-state index >= 15 is 0 Å². The Hall–Kier alpha value is -2.72. The number of aliphatic hydroxyl groups is 2. The van der Waals surface area contributed by atoms with Gasteiger partial charge in [-0.3, -0.25) is 20.0 Å². The second-order valence-electron chi connectivity index (χ2n) is 8.56. The summed E-state index contributed by atoms with van der Waals surface area (Å²) in [5.74, 6) is -1.09. The van der Waals surface area contributed by atoms with Gasteiger partial charge in [0.2, 0.25) is 0 Å². The van der Waals surface area contributed by atoms with Crippen molar-refractivity contribution in [2.24, 2.45) is 0 Å². The third-order valence-corrected chi connectivity index (χ3v) is 7.06. The minimum Gasteiger partial charge on any atom is -0.778 e. The van der Waals surface area contributed by atoms with Gasteiger partial charge in [-0.2, -0.15) is 0 Å². The largest absolute Gasteiger partial charge is 0.778 e. The van der Waals surface area contributed by atoms with Gasteiger partial charge in [-0.05, 0) is 12.8 Å². The monoisotopic (exact) mass is 528 g/mol. The number of aliphatic hydroxyl groups excluding tert-OH is 2. The highest BCUT2D eigenvalue weighted by Crippen LogP contribution is 2.38. The Labute approximate surface area is 204 Å². The lowest BCUT2D eigenvalue weighted by Gasteiger charge is -2.25.